The fourth-order valence-corrected chi connectivity index (χ4v) is 5.75. The number of aromatic nitrogens is 1. The summed E-state index contributed by atoms with van der Waals surface area (Å²) in [4.78, 5) is 37.7. The molecule has 1 unspecified atom stereocenters. The molecule has 0 radical (unpaired) electrons. The van der Waals surface area contributed by atoms with Crippen molar-refractivity contribution in [2.24, 2.45) is 11.8 Å². The Morgan fingerprint density at radius 1 is 1.16 bits per heavy atom. The van der Waals surface area contributed by atoms with Crippen molar-refractivity contribution in [2.45, 2.75) is 33.1 Å². The fourth-order valence-electron chi connectivity index (χ4n) is 4.51. The Balaban J connectivity index is 1.25. The summed E-state index contributed by atoms with van der Waals surface area (Å²) >= 11 is 1.73. The van der Waals surface area contributed by atoms with Gasteiger partial charge in [-0.1, -0.05) is 13.8 Å². The number of ether oxygens (including phenoxy) is 1. The fraction of sp³-hybridized carbons (Fsp3) is 0.773. The maximum absolute atomic E-state index is 12.7. The van der Waals surface area contributed by atoms with Crippen molar-refractivity contribution in [2.75, 3.05) is 70.5 Å². The zero-order valence-electron chi connectivity index (χ0n) is 18.8. The van der Waals surface area contributed by atoms with Gasteiger partial charge >= 0.3 is 0 Å². The molecule has 9 heteroatoms. The van der Waals surface area contributed by atoms with Gasteiger partial charge in [-0.3, -0.25) is 14.5 Å². The van der Waals surface area contributed by atoms with Gasteiger partial charge in [0.1, 0.15) is 0 Å². The number of thiazole rings is 1. The highest BCUT2D eigenvalue weighted by Gasteiger charge is 2.30. The normalized spacial score (nSPS) is 22.5. The number of fused-ring (bicyclic) bond motifs is 1. The first-order valence-electron chi connectivity index (χ1n) is 11.6. The summed E-state index contributed by atoms with van der Waals surface area (Å²) in [5, 5.41) is 4.19. The van der Waals surface area contributed by atoms with E-state index in [4.69, 9.17) is 9.72 Å². The quantitative estimate of drug-likeness (QED) is 0.698. The number of hydrogen-bond acceptors (Lipinski definition) is 7. The summed E-state index contributed by atoms with van der Waals surface area (Å²) in [5.74, 6) is 0.511. The number of amides is 2. The van der Waals surface area contributed by atoms with Crippen LogP contribution in [0.3, 0.4) is 0 Å². The molecule has 1 aromatic heterocycles. The van der Waals surface area contributed by atoms with Gasteiger partial charge in [-0.25, -0.2) is 4.98 Å². The Hall–Kier alpha value is -1.71. The van der Waals surface area contributed by atoms with Crippen LogP contribution in [0.25, 0.3) is 0 Å². The molecule has 1 atom stereocenters. The summed E-state index contributed by atoms with van der Waals surface area (Å²) in [5.41, 5.74) is 1.16. The number of aryl methyl sites for hydroxylation is 1. The second kappa shape index (κ2) is 10.3. The van der Waals surface area contributed by atoms with Crippen LogP contribution in [0.5, 0.6) is 0 Å². The lowest BCUT2D eigenvalue weighted by Gasteiger charge is -2.35. The molecular weight excluding hydrogens is 414 g/mol. The first kappa shape index (κ1) is 22.5. The van der Waals surface area contributed by atoms with Crippen LogP contribution in [-0.4, -0.2) is 92.2 Å². The summed E-state index contributed by atoms with van der Waals surface area (Å²) in [6.07, 6.45) is 2.54. The Morgan fingerprint density at radius 3 is 2.61 bits per heavy atom. The van der Waals surface area contributed by atoms with Gasteiger partial charge in [0.25, 0.3) is 0 Å². The van der Waals surface area contributed by atoms with Crippen LogP contribution in [0.1, 0.15) is 30.8 Å². The van der Waals surface area contributed by atoms with Gasteiger partial charge in [-0.2, -0.15) is 0 Å². The van der Waals surface area contributed by atoms with Crippen LogP contribution >= 0.6 is 11.3 Å². The van der Waals surface area contributed by atoms with Crippen LogP contribution in [0, 0.1) is 11.8 Å². The van der Waals surface area contributed by atoms with Crippen molar-refractivity contribution in [3.05, 3.63) is 10.6 Å². The molecule has 3 heterocycles. The highest BCUT2D eigenvalue weighted by molar-refractivity contribution is 7.15. The number of anilines is 1. The van der Waals surface area contributed by atoms with Crippen molar-refractivity contribution < 1.29 is 14.3 Å². The molecule has 3 aliphatic rings. The highest BCUT2D eigenvalue weighted by Crippen LogP contribution is 2.34. The Labute approximate surface area is 188 Å². The summed E-state index contributed by atoms with van der Waals surface area (Å²) in [7, 11) is 0. The second-order valence-electron chi connectivity index (χ2n) is 9.02. The summed E-state index contributed by atoms with van der Waals surface area (Å²) in [6.45, 7) is 12.2. The molecule has 8 nitrogen and oxygen atoms in total. The Bertz CT molecular complexity index is 769. The SMILES string of the molecule is CC(C)C(=O)N1CCN(c2nc3c(s2)CC(C(=O)NCCN2CCOCC2)CC3)CC1. The van der Waals surface area contributed by atoms with Crippen LogP contribution in [0.2, 0.25) is 0 Å². The van der Waals surface area contributed by atoms with Crippen molar-refractivity contribution in [1.82, 2.24) is 20.1 Å². The van der Waals surface area contributed by atoms with Crippen molar-refractivity contribution in [3.63, 3.8) is 0 Å². The van der Waals surface area contributed by atoms with Gasteiger partial charge in [-0.15, -0.1) is 11.3 Å². The molecule has 2 aliphatic heterocycles. The van der Waals surface area contributed by atoms with Crippen LogP contribution in [0.15, 0.2) is 0 Å². The van der Waals surface area contributed by atoms with E-state index in [0.717, 1.165) is 89.1 Å². The minimum atomic E-state index is 0.0472. The van der Waals surface area contributed by atoms with Gasteiger partial charge in [0.05, 0.1) is 18.9 Å². The van der Waals surface area contributed by atoms with E-state index in [2.05, 4.69) is 15.1 Å². The van der Waals surface area contributed by atoms with Gasteiger partial charge < -0.3 is 19.9 Å². The first-order valence-corrected chi connectivity index (χ1v) is 12.4. The minimum absolute atomic E-state index is 0.0472. The average molecular weight is 450 g/mol. The predicted molar refractivity (Wildman–Crippen MR) is 122 cm³/mol. The van der Waals surface area contributed by atoms with Crippen LogP contribution in [0.4, 0.5) is 5.13 Å². The van der Waals surface area contributed by atoms with Gasteiger partial charge in [-0.05, 0) is 19.3 Å². The number of carbonyl (C=O) groups is 2. The Kier molecular flexibility index (Phi) is 7.45. The Morgan fingerprint density at radius 2 is 1.90 bits per heavy atom. The number of nitrogens with one attached hydrogen (secondary N) is 1. The molecule has 31 heavy (non-hydrogen) atoms. The van der Waals surface area contributed by atoms with Crippen LogP contribution < -0.4 is 10.2 Å². The molecule has 0 spiro atoms. The molecule has 4 rings (SSSR count). The lowest BCUT2D eigenvalue weighted by atomic mass is 9.90. The average Bonchev–Trinajstić information content (AvgIpc) is 3.22. The lowest BCUT2D eigenvalue weighted by Crippen LogP contribution is -2.49. The third-order valence-electron chi connectivity index (χ3n) is 6.49. The molecular formula is C22H35N5O3S. The van der Waals surface area contributed by atoms with Gasteiger partial charge in [0, 0.05) is 69.1 Å². The van der Waals surface area contributed by atoms with Gasteiger partial charge in [0.15, 0.2) is 5.13 Å². The van der Waals surface area contributed by atoms with E-state index in [9.17, 15) is 9.59 Å². The van der Waals surface area contributed by atoms with E-state index in [-0.39, 0.29) is 23.7 Å². The third-order valence-corrected chi connectivity index (χ3v) is 7.67. The summed E-state index contributed by atoms with van der Waals surface area (Å²) < 4.78 is 5.37. The molecule has 2 saturated heterocycles. The van der Waals surface area contributed by atoms with Gasteiger partial charge in [0.2, 0.25) is 11.8 Å². The largest absolute Gasteiger partial charge is 0.379 e. The molecule has 0 saturated carbocycles. The maximum atomic E-state index is 12.7. The molecule has 2 amide bonds. The predicted octanol–water partition coefficient (Wildman–Crippen LogP) is 1.00. The van der Waals surface area contributed by atoms with E-state index in [1.54, 1.807) is 11.3 Å². The molecule has 172 valence electrons. The number of piperazine rings is 1. The monoisotopic (exact) mass is 449 g/mol. The highest BCUT2D eigenvalue weighted by atomic mass is 32.1. The van der Waals surface area contributed by atoms with E-state index in [0.29, 0.717) is 6.54 Å². The van der Waals surface area contributed by atoms with E-state index >= 15 is 0 Å². The molecule has 1 N–H and O–H groups in total. The molecule has 2 fully saturated rings. The summed E-state index contributed by atoms with van der Waals surface area (Å²) in [6, 6.07) is 0. The van der Waals surface area contributed by atoms with Crippen molar-refractivity contribution in [1.29, 1.82) is 0 Å². The zero-order valence-corrected chi connectivity index (χ0v) is 19.6. The standard InChI is InChI=1S/C22H35N5O3S/c1-16(2)21(29)26-7-9-27(10-8-26)22-24-18-4-3-17(15-19(18)31-22)20(28)23-5-6-25-11-13-30-14-12-25/h16-17H,3-15H2,1-2H3,(H,23,28). The molecule has 1 aliphatic carbocycles. The number of carbonyl (C=O) groups excluding carboxylic acids is 2. The number of hydrogen-bond donors (Lipinski definition) is 1. The van der Waals surface area contributed by atoms with E-state index in [1.165, 1.54) is 4.88 Å². The number of nitrogens with zero attached hydrogens (tertiary/aromatic N) is 4. The first-order chi connectivity index (χ1) is 15.0. The smallest absolute Gasteiger partial charge is 0.225 e. The maximum Gasteiger partial charge on any atom is 0.225 e. The number of rotatable bonds is 6. The van der Waals surface area contributed by atoms with E-state index < -0.39 is 0 Å². The second-order valence-corrected chi connectivity index (χ2v) is 10.1. The van der Waals surface area contributed by atoms with E-state index in [1.807, 2.05) is 18.7 Å². The van der Waals surface area contributed by atoms with Crippen LogP contribution in [-0.2, 0) is 27.2 Å². The third kappa shape index (κ3) is 5.56. The number of morpholine rings is 1. The molecule has 0 bridgehead atoms. The van der Waals surface area contributed by atoms with Crippen molar-refractivity contribution >= 4 is 28.3 Å². The molecule has 1 aromatic rings. The topological polar surface area (TPSA) is 78.0 Å². The zero-order chi connectivity index (χ0) is 21.8. The van der Waals surface area contributed by atoms with Crippen molar-refractivity contribution in [3.8, 4) is 0 Å². The minimum Gasteiger partial charge on any atom is -0.379 e. The lowest BCUT2D eigenvalue weighted by molar-refractivity contribution is -0.134. The molecule has 0 aromatic carbocycles.